The lowest BCUT2D eigenvalue weighted by molar-refractivity contribution is 0.412. The van der Waals surface area contributed by atoms with Crippen LogP contribution in [-0.2, 0) is 6.54 Å². The molecule has 3 N–H and O–H groups in total. The molecule has 4 nitrogen and oxygen atoms in total. The summed E-state index contributed by atoms with van der Waals surface area (Å²) in [5.74, 6) is 0.873. The molecule has 0 saturated heterocycles. The first-order valence-electron chi connectivity index (χ1n) is 5.25. The van der Waals surface area contributed by atoms with E-state index in [2.05, 4.69) is 25.9 Å². The number of rotatable bonds is 3. The predicted molar refractivity (Wildman–Crippen MR) is 70.9 cm³/mol. The molecule has 17 heavy (non-hydrogen) atoms. The molecule has 1 aromatic carbocycles. The van der Waals surface area contributed by atoms with Gasteiger partial charge in [0.15, 0.2) is 4.73 Å². The van der Waals surface area contributed by atoms with Crippen molar-refractivity contribution in [3.8, 4) is 17.0 Å². The van der Waals surface area contributed by atoms with Crippen LogP contribution in [0.3, 0.4) is 0 Å². The molecule has 1 aromatic heterocycles. The van der Waals surface area contributed by atoms with Crippen molar-refractivity contribution in [1.29, 1.82) is 0 Å². The molecule has 2 rings (SSSR count). The van der Waals surface area contributed by atoms with E-state index in [0.29, 0.717) is 11.3 Å². The van der Waals surface area contributed by atoms with Crippen molar-refractivity contribution in [3.05, 3.63) is 34.2 Å². The van der Waals surface area contributed by atoms with Crippen LogP contribution in [0.15, 0.2) is 22.9 Å². The summed E-state index contributed by atoms with van der Waals surface area (Å²) < 4.78 is 5.93. The fraction of sp³-hybridized carbons (Fsp3) is 0.250. The zero-order valence-corrected chi connectivity index (χ0v) is 11.3. The van der Waals surface area contributed by atoms with Gasteiger partial charge >= 0.3 is 0 Å². The van der Waals surface area contributed by atoms with E-state index in [-0.39, 0.29) is 0 Å². The number of hydrogen-bond donors (Lipinski definition) is 2. The number of imidazole rings is 1. The average Bonchev–Trinajstić information content (AvgIpc) is 2.70. The molecule has 2 aromatic rings. The summed E-state index contributed by atoms with van der Waals surface area (Å²) in [5.41, 5.74) is 9.59. The largest absolute Gasteiger partial charge is 0.496 e. The Kier molecular flexibility index (Phi) is 3.49. The van der Waals surface area contributed by atoms with Crippen LogP contribution in [0.5, 0.6) is 5.75 Å². The minimum absolute atomic E-state index is 0.430. The van der Waals surface area contributed by atoms with Crippen LogP contribution >= 0.6 is 15.9 Å². The highest BCUT2D eigenvalue weighted by Gasteiger charge is 2.11. The Bertz CT molecular complexity index is 537. The Labute approximate surface area is 108 Å². The summed E-state index contributed by atoms with van der Waals surface area (Å²) >= 11 is 3.32. The van der Waals surface area contributed by atoms with E-state index in [1.54, 1.807) is 7.11 Å². The SMILES string of the molecule is COc1ccc(-c2nc(Br)[nH]c2CN)cc1C. The number of benzene rings is 1. The van der Waals surface area contributed by atoms with Gasteiger partial charge in [0.2, 0.25) is 0 Å². The summed E-state index contributed by atoms with van der Waals surface area (Å²) in [6.07, 6.45) is 0. The summed E-state index contributed by atoms with van der Waals surface area (Å²) in [5, 5.41) is 0. The van der Waals surface area contributed by atoms with Crippen molar-refractivity contribution in [2.45, 2.75) is 13.5 Å². The Morgan fingerprint density at radius 1 is 1.47 bits per heavy atom. The molecular formula is C12H14BrN3O. The number of halogens is 1. The van der Waals surface area contributed by atoms with Gasteiger partial charge in [0.05, 0.1) is 18.5 Å². The quantitative estimate of drug-likeness (QED) is 0.915. The van der Waals surface area contributed by atoms with Crippen LogP contribution in [0.25, 0.3) is 11.3 Å². The Hall–Kier alpha value is -1.33. The van der Waals surface area contributed by atoms with Gasteiger partial charge in [-0.3, -0.25) is 0 Å². The van der Waals surface area contributed by atoms with E-state index in [1.165, 1.54) is 0 Å². The van der Waals surface area contributed by atoms with Crippen molar-refractivity contribution in [3.63, 3.8) is 0 Å². The molecule has 5 heteroatoms. The van der Waals surface area contributed by atoms with E-state index in [1.807, 2.05) is 25.1 Å². The van der Waals surface area contributed by atoms with Crippen LogP contribution < -0.4 is 10.5 Å². The molecule has 0 aliphatic carbocycles. The average molecular weight is 296 g/mol. The molecule has 0 unspecified atom stereocenters. The van der Waals surface area contributed by atoms with Crippen molar-refractivity contribution in [2.75, 3.05) is 7.11 Å². The van der Waals surface area contributed by atoms with E-state index < -0.39 is 0 Å². The van der Waals surface area contributed by atoms with Gasteiger partial charge in [-0.2, -0.15) is 0 Å². The normalized spacial score (nSPS) is 10.6. The molecular weight excluding hydrogens is 282 g/mol. The van der Waals surface area contributed by atoms with Gasteiger partial charge in [0, 0.05) is 12.1 Å². The first-order valence-corrected chi connectivity index (χ1v) is 6.04. The number of nitrogens with two attached hydrogens (primary N) is 1. The second-order valence-electron chi connectivity index (χ2n) is 3.74. The lowest BCUT2D eigenvalue weighted by Crippen LogP contribution is -1.99. The molecule has 0 fully saturated rings. The van der Waals surface area contributed by atoms with Gasteiger partial charge in [0.25, 0.3) is 0 Å². The minimum Gasteiger partial charge on any atom is -0.496 e. The second-order valence-corrected chi connectivity index (χ2v) is 4.49. The Balaban J connectivity index is 2.49. The molecule has 0 spiro atoms. The number of hydrogen-bond acceptors (Lipinski definition) is 3. The van der Waals surface area contributed by atoms with Crippen molar-refractivity contribution in [2.24, 2.45) is 5.73 Å². The maximum absolute atomic E-state index is 5.68. The Morgan fingerprint density at radius 3 is 2.82 bits per heavy atom. The fourth-order valence-electron chi connectivity index (χ4n) is 1.79. The molecule has 0 aliphatic rings. The number of H-pyrrole nitrogens is 1. The zero-order valence-electron chi connectivity index (χ0n) is 9.75. The third kappa shape index (κ3) is 2.35. The van der Waals surface area contributed by atoms with Gasteiger partial charge < -0.3 is 15.5 Å². The second kappa shape index (κ2) is 4.89. The van der Waals surface area contributed by atoms with Gasteiger partial charge in [-0.05, 0) is 46.6 Å². The van der Waals surface area contributed by atoms with E-state index in [4.69, 9.17) is 10.5 Å². The maximum Gasteiger partial charge on any atom is 0.175 e. The topological polar surface area (TPSA) is 63.9 Å². The zero-order chi connectivity index (χ0) is 12.4. The molecule has 0 saturated carbocycles. The highest BCUT2D eigenvalue weighted by atomic mass is 79.9. The number of methoxy groups -OCH3 is 1. The van der Waals surface area contributed by atoms with Crippen LogP contribution in [0.4, 0.5) is 0 Å². The summed E-state index contributed by atoms with van der Waals surface area (Å²) in [6.45, 7) is 2.44. The number of aromatic nitrogens is 2. The highest BCUT2D eigenvalue weighted by Crippen LogP contribution is 2.28. The van der Waals surface area contributed by atoms with Crippen molar-refractivity contribution >= 4 is 15.9 Å². The predicted octanol–water partition coefficient (Wildman–Crippen LogP) is 2.61. The molecule has 0 aliphatic heterocycles. The van der Waals surface area contributed by atoms with Crippen LogP contribution in [0, 0.1) is 6.92 Å². The van der Waals surface area contributed by atoms with E-state index in [0.717, 1.165) is 28.3 Å². The van der Waals surface area contributed by atoms with Gasteiger partial charge in [-0.1, -0.05) is 0 Å². The summed E-state index contributed by atoms with van der Waals surface area (Å²) in [4.78, 5) is 7.48. The van der Waals surface area contributed by atoms with E-state index in [9.17, 15) is 0 Å². The first-order chi connectivity index (χ1) is 8.15. The number of ether oxygens (including phenoxy) is 1. The molecule has 0 radical (unpaired) electrons. The summed E-state index contributed by atoms with van der Waals surface area (Å²) in [7, 11) is 1.67. The molecule has 90 valence electrons. The molecule has 0 bridgehead atoms. The standard InChI is InChI=1S/C12H14BrN3O/c1-7-5-8(3-4-10(7)17-2)11-9(6-14)15-12(13)16-11/h3-5H,6,14H2,1-2H3,(H,15,16). The number of aryl methyl sites for hydroxylation is 1. The Morgan fingerprint density at radius 2 is 2.24 bits per heavy atom. The third-order valence-electron chi connectivity index (χ3n) is 2.62. The number of nitrogens with zero attached hydrogens (tertiary/aromatic N) is 1. The third-order valence-corrected chi connectivity index (χ3v) is 3.00. The van der Waals surface area contributed by atoms with Crippen molar-refractivity contribution in [1.82, 2.24) is 9.97 Å². The number of aromatic amines is 1. The lowest BCUT2D eigenvalue weighted by atomic mass is 10.1. The monoisotopic (exact) mass is 295 g/mol. The molecule has 1 heterocycles. The highest BCUT2D eigenvalue weighted by molar-refractivity contribution is 9.10. The first kappa shape index (κ1) is 12.1. The van der Waals surface area contributed by atoms with Crippen LogP contribution in [0.1, 0.15) is 11.3 Å². The van der Waals surface area contributed by atoms with Crippen LogP contribution in [0.2, 0.25) is 0 Å². The lowest BCUT2D eigenvalue weighted by Gasteiger charge is -2.06. The fourth-order valence-corrected chi connectivity index (χ4v) is 2.21. The maximum atomic E-state index is 5.68. The smallest absolute Gasteiger partial charge is 0.175 e. The van der Waals surface area contributed by atoms with Gasteiger partial charge in [0.1, 0.15) is 5.75 Å². The molecule has 0 atom stereocenters. The van der Waals surface area contributed by atoms with Crippen molar-refractivity contribution < 1.29 is 4.74 Å². The van der Waals surface area contributed by atoms with E-state index >= 15 is 0 Å². The summed E-state index contributed by atoms with van der Waals surface area (Å²) in [6, 6.07) is 5.96. The van der Waals surface area contributed by atoms with Gasteiger partial charge in [-0.25, -0.2) is 4.98 Å². The minimum atomic E-state index is 0.430. The van der Waals surface area contributed by atoms with Crippen LogP contribution in [-0.4, -0.2) is 17.1 Å². The molecule has 0 amide bonds. The van der Waals surface area contributed by atoms with Gasteiger partial charge in [-0.15, -0.1) is 0 Å². The number of nitrogens with one attached hydrogen (secondary N) is 1.